The summed E-state index contributed by atoms with van der Waals surface area (Å²) < 4.78 is 7.34. The standard InChI is InChI=1S/C23H29NOS2.C2H6/c1-3-23(25-2,18-27-20-9-5-4-6-10-20)14-16-24-15-13-19-17-26-22-12-8-7-11-21(19)22;1-2/h4-12,17,24H,3,13-16,18H2,1-2H3;1-2H3. The van der Waals surface area contributed by atoms with Crippen molar-refractivity contribution in [2.24, 2.45) is 0 Å². The molecule has 0 aliphatic carbocycles. The lowest BCUT2D eigenvalue weighted by Crippen LogP contribution is -2.37. The Kier molecular flexibility index (Phi) is 10.8. The summed E-state index contributed by atoms with van der Waals surface area (Å²) in [5.41, 5.74) is 1.39. The van der Waals surface area contributed by atoms with Crippen LogP contribution >= 0.6 is 23.1 Å². The van der Waals surface area contributed by atoms with Crippen LogP contribution in [-0.4, -0.2) is 31.6 Å². The molecule has 0 saturated heterocycles. The fraction of sp³-hybridized carbons (Fsp3) is 0.440. The number of methoxy groups -OCH3 is 1. The Morgan fingerprint density at radius 2 is 1.72 bits per heavy atom. The van der Waals surface area contributed by atoms with Crippen molar-refractivity contribution in [2.45, 2.75) is 50.5 Å². The van der Waals surface area contributed by atoms with E-state index in [1.807, 2.05) is 44.1 Å². The minimum Gasteiger partial charge on any atom is -0.377 e. The van der Waals surface area contributed by atoms with Crippen LogP contribution in [0.2, 0.25) is 0 Å². The van der Waals surface area contributed by atoms with E-state index >= 15 is 0 Å². The number of nitrogens with one attached hydrogen (secondary N) is 1. The maximum absolute atomic E-state index is 5.96. The van der Waals surface area contributed by atoms with E-state index in [1.165, 1.54) is 20.5 Å². The SMILES string of the molecule is CC.CCC(CCNCCc1csc2ccccc12)(CSc1ccccc1)OC. The highest BCUT2D eigenvalue weighted by atomic mass is 32.2. The molecule has 3 aromatic rings. The van der Waals surface area contributed by atoms with E-state index in [0.29, 0.717) is 0 Å². The van der Waals surface area contributed by atoms with Gasteiger partial charge in [0.25, 0.3) is 0 Å². The number of thiophene rings is 1. The summed E-state index contributed by atoms with van der Waals surface area (Å²) in [7, 11) is 1.85. The first-order chi connectivity index (χ1) is 14.3. The van der Waals surface area contributed by atoms with Crippen LogP contribution in [0, 0.1) is 0 Å². The molecular formula is C25H35NOS2. The molecule has 29 heavy (non-hydrogen) atoms. The summed E-state index contributed by atoms with van der Waals surface area (Å²) in [6.07, 6.45) is 3.14. The van der Waals surface area contributed by atoms with Crippen LogP contribution in [0.4, 0.5) is 0 Å². The lowest BCUT2D eigenvalue weighted by Gasteiger charge is -2.31. The maximum Gasteiger partial charge on any atom is 0.0781 e. The topological polar surface area (TPSA) is 21.3 Å². The van der Waals surface area contributed by atoms with E-state index in [0.717, 1.165) is 38.1 Å². The van der Waals surface area contributed by atoms with E-state index in [4.69, 9.17) is 4.74 Å². The maximum atomic E-state index is 5.96. The fourth-order valence-corrected chi connectivity index (χ4v) is 5.52. The quantitative estimate of drug-likeness (QED) is 0.261. The van der Waals surface area contributed by atoms with Gasteiger partial charge in [0.05, 0.1) is 5.60 Å². The molecule has 0 saturated carbocycles. The number of hydrogen-bond acceptors (Lipinski definition) is 4. The molecule has 1 aromatic heterocycles. The zero-order valence-electron chi connectivity index (χ0n) is 18.2. The molecule has 0 spiro atoms. The number of fused-ring (bicyclic) bond motifs is 1. The van der Waals surface area contributed by atoms with Gasteiger partial charge in [0.1, 0.15) is 0 Å². The predicted octanol–water partition coefficient (Wildman–Crippen LogP) is 7.04. The minimum atomic E-state index is -0.0669. The normalized spacial score (nSPS) is 13.0. The smallest absolute Gasteiger partial charge is 0.0781 e. The molecule has 4 heteroatoms. The molecule has 1 unspecified atom stereocenters. The third-order valence-corrected chi connectivity index (χ3v) is 7.50. The van der Waals surface area contributed by atoms with Crippen LogP contribution < -0.4 is 5.32 Å². The van der Waals surface area contributed by atoms with Crippen LogP contribution in [-0.2, 0) is 11.2 Å². The third kappa shape index (κ3) is 7.14. The average molecular weight is 430 g/mol. The lowest BCUT2D eigenvalue weighted by molar-refractivity contribution is 0.000597. The Morgan fingerprint density at radius 1 is 1.00 bits per heavy atom. The molecular weight excluding hydrogens is 394 g/mol. The van der Waals surface area contributed by atoms with Crippen LogP contribution in [0.3, 0.4) is 0 Å². The van der Waals surface area contributed by atoms with Gasteiger partial charge in [0.15, 0.2) is 0 Å². The Labute approximate surface area is 185 Å². The van der Waals surface area contributed by atoms with E-state index in [9.17, 15) is 0 Å². The van der Waals surface area contributed by atoms with E-state index < -0.39 is 0 Å². The summed E-state index contributed by atoms with van der Waals surface area (Å²) in [5.74, 6) is 0.987. The first kappa shape index (κ1) is 23.9. The Morgan fingerprint density at radius 3 is 2.45 bits per heavy atom. The molecule has 1 atom stereocenters. The Balaban J connectivity index is 0.00000145. The molecule has 2 aromatic carbocycles. The number of thioether (sulfide) groups is 1. The van der Waals surface area contributed by atoms with Crippen LogP contribution in [0.25, 0.3) is 10.1 Å². The summed E-state index contributed by atoms with van der Waals surface area (Å²) in [6.45, 7) is 8.22. The van der Waals surface area contributed by atoms with Crippen molar-refractivity contribution in [1.82, 2.24) is 5.32 Å². The van der Waals surface area contributed by atoms with Gasteiger partial charge in [0.2, 0.25) is 0 Å². The molecule has 1 N–H and O–H groups in total. The van der Waals surface area contributed by atoms with Crippen LogP contribution in [0.1, 0.15) is 39.2 Å². The number of rotatable bonds is 11. The monoisotopic (exact) mass is 429 g/mol. The Bertz CT molecular complexity index is 812. The first-order valence-electron chi connectivity index (χ1n) is 10.7. The van der Waals surface area contributed by atoms with Gasteiger partial charge in [-0.2, -0.15) is 0 Å². The van der Waals surface area contributed by atoms with Crippen molar-refractivity contribution in [3.63, 3.8) is 0 Å². The van der Waals surface area contributed by atoms with Crippen molar-refractivity contribution >= 4 is 33.2 Å². The van der Waals surface area contributed by atoms with Gasteiger partial charge < -0.3 is 10.1 Å². The third-order valence-electron chi connectivity index (χ3n) is 5.21. The van der Waals surface area contributed by atoms with Gasteiger partial charge in [-0.25, -0.2) is 0 Å². The summed E-state index contributed by atoms with van der Waals surface area (Å²) in [4.78, 5) is 1.31. The van der Waals surface area contributed by atoms with Gasteiger partial charge in [-0.1, -0.05) is 57.2 Å². The van der Waals surface area contributed by atoms with Gasteiger partial charge in [-0.3, -0.25) is 0 Å². The predicted molar refractivity (Wildman–Crippen MR) is 132 cm³/mol. The van der Waals surface area contributed by atoms with E-state index in [1.54, 1.807) is 0 Å². The number of benzene rings is 2. The molecule has 0 bridgehead atoms. The lowest BCUT2D eigenvalue weighted by atomic mass is 9.98. The van der Waals surface area contributed by atoms with Crippen LogP contribution in [0.15, 0.2) is 64.9 Å². The van der Waals surface area contributed by atoms with Gasteiger partial charge >= 0.3 is 0 Å². The van der Waals surface area contributed by atoms with Crippen molar-refractivity contribution < 1.29 is 4.74 Å². The largest absolute Gasteiger partial charge is 0.377 e. The minimum absolute atomic E-state index is 0.0669. The molecule has 0 radical (unpaired) electrons. The summed E-state index contributed by atoms with van der Waals surface area (Å²) in [6, 6.07) is 19.3. The highest BCUT2D eigenvalue weighted by molar-refractivity contribution is 7.99. The first-order valence-corrected chi connectivity index (χ1v) is 12.5. The van der Waals surface area contributed by atoms with Crippen molar-refractivity contribution in [2.75, 3.05) is 26.0 Å². The van der Waals surface area contributed by atoms with Gasteiger partial charge in [-0.15, -0.1) is 23.1 Å². The molecule has 0 aliphatic rings. The second-order valence-corrected chi connectivity index (χ2v) is 8.81. The van der Waals surface area contributed by atoms with Crippen molar-refractivity contribution in [1.29, 1.82) is 0 Å². The number of hydrogen-bond donors (Lipinski definition) is 1. The molecule has 2 nitrogen and oxygen atoms in total. The zero-order chi connectivity index (χ0) is 21.0. The van der Waals surface area contributed by atoms with E-state index in [-0.39, 0.29) is 5.60 Å². The highest BCUT2D eigenvalue weighted by Gasteiger charge is 2.27. The molecule has 0 amide bonds. The van der Waals surface area contributed by atoms with Crippen molar-refractivity contribution in [3.8, 4) is 0 Å². The zero-order valence-corrected chi connectivity index (χ0v) is 19.9. The van der Waals surface area contributed by atoms with Gasteiger partial charge in [0, 0.05) is 22.5 Å². The molecule has 0 fully saturated rings. The van der Waals surface area contributed by atoms with E-state index in [2.05, 4.69) is 72.2 Å². The second-order valence-electron chi connectivity index (χ2n) is 6.85. The molecule has 1 heterocycles. The summed E-state index contributed by atoms with van der Waals surface area (Å²) in [5, 5.41) is 7.33. The fourth-order valence-electron chi connectivity index (χ4n) is 3.28. The Hall–Kier alpha value is -1.33. The van der Waals surface area contributed by atoms with Gasteiger partial charge in [-0.05, 0) is 66.9 Å². The second kappa shape index (κ2) is 13.1. The summed E-state index contributed by atoms with van der Waals surface area (Å²) >= 11 is 3.73. The van der Waals surface area contributed by atoms with Crippen LogP contribution in [0.5, 0.6) is 0 Å². The van der Waals surface area contributed by atoms with Crippen molar-refractivity contribution in [3.05, 3.63) is 65.5 Å². The molecule has 3 rings (SSSR count). The average Bonchev–Trinajstić information content (AvgIpc) is 3.21. The number of ether oxygens (including phenoxy) is 1. The highest BCUT2D eigenvalue weighted by Crippen LogP contribution is 2.29. The molecule has 158 valence electrons. The molecule has 0 aliphatic heterocycles.